The summed E-state index contributed by atoms with van der Waals surface area (Å²) in [4.78, 5) is 16.7. The van der Waals surface area contributed by atoms with Crippen LogP contribution in [-0.4, -0.2) is 25.2 Å². The van der Waals surface area contributed by atoms with Gasteiger partial charge in [-0.15, -0.1) is 11.3 Å². The number of carbonyl (C=O) groups is 1. The van der Waals surface area contributed by atoms with E-state index in [1.807, 2.05) is 24.3 Å². The predicted molar refractivity (Wildman–Crippen MR) is 93.3 cm³/mol. The molecule has 0 fully saturated rings. The van der Waals surface area contributed by atoms with Gasteiger partial charge in [0, 0.05) is 0 Å². The fraction of sp³-hybridized carbons (Fsp3) is 0.176. The van der Waals surface area contributed by atoms with Crippen molar-refractivity contribution in [1.29, 1.82) is 0 Å². The number of benzene rings is 2. The molecule has 0 amide bonds. The second kappa shape index (κ2) is 7.07. The zero-order valence-electron chi connectivity index (χ0n) is 13.0. The number of fused-ring (bicyclic) bond motifs is 1. The number of hydrogen-bond acceptors (Lipinski definition) is 6. The molecular weight excluding hydrogens is 350 g/mol. The second-order valence-corrected chi connectivity index (χ2v) is 6.37. The number of thiazole rings is 1. The number of methoxy groups -OCH3 is 2. The summed E-state index contributed by atoms with van der Waals surface area (Å²) in [6, 6.07) is 10.8. The van der Waals surface area contributed by atoms with Crippen molar-refractivity contribution in [3.8, 4) is 11.5 Å². The van der Waals surface area contributed by atoms with Crippen LogP contribution in [0.4, 0.5) is 0 Å². The molecule has 3 aromatic rings. The highest BCUT2D eigenvalue weighted by atomic mass is 35.5. The maximum atomic E-state index is 12.3. The second-order valence-electron chi connectivity index (χ2n) is 4.85. The van der Waals surface area contributed by atoms with E-state index in [2.05, 4.69) is 4.98 Å². The van der Waals surface area contributed by atoms with Gasteiger partial charge in [0.2, 0.25) is 0 Å². The lowest BCUT2D eigenvalue weighted by atomic mass is 10.2. The van der Waals surface area contributed by atoms with Crippen LogP contribution in [0.1, 0.15) is 15.4 Å². The van der Waals surface area contributed by atoms with Gasteiger partial charge in [-0.25, -0.2) is 9.78 Å². The molecule has 24 heavy (non-hydrogen) atoms. The van der Waals surface area contributed by atoms with Gasteiger partial charge in [-0.3, -0.25) is 0 Å². The van der Waals surface area contributed by atoms with Crippen LogP contribution in [0.3, 0.4) is 0 Å². The third kappa shape index (κ3) is 3.29. The summed E-state index contributed by atoms with van der Waals surface area (Å²) in [6.45, 7) is 0.101. The smallest absolute Gasteiger partial charge is 0.338 e. The van der Waals surface area contributed by atoms with E-state index in [1.54, 1.807) is 0 Å². The number of nitrogens with zero attached hydrogens (tertiary/aromatic N) is 1. The monoisotopic (exact) mass is 363 g/mol. The first-order valence-electron chi connectivity index (χ1n) is 7.05. The maximum Gasteiger partial charge on any atom is 0.338 e. The minimum absolute atomic E-state index is 0.101. The molecule has 7 heteroatoms. The normalized spacial score (nSPS) is 10.6. The lowest BCUT2D eigenvalue weighted by Crippen LogP contribution is -2.06. The van der Waals surface area contributed by atoms with E-state index in [1.165, 1.54) is 37.7 Å². The van der Waals surface area contributed by atoms with Crippen molar-refractivity contribution in [3.05, 3.63) is 52.0 Å². The fourth-order valence-electron chi connectivity index (χ4n) is 2.23. The maximum absolute atomic E-state index is 12.3. The van der Waals surface area contributed by atoms with Crippen molar-refractivity contribution in [1.82, 2.24) is 4.98 Å². The number of carbonyl (C=O) groups excluding carboxylic acids is 1. The van der Waals surface area contributed by atoms with Crippen LogP contribution in [0, 0.1) is 0 Å². The minimum atomic E-state index is -0.503. The zero-order chi connectivity index (χ0) is 17.1. The molecular formula is C17H14ClNO4S. The molecule has 0 saturated carbocycles. The summed E-state index contributed by atoms with van der Waals surface area (Å²) in [5.41, 5.74) is 1.18. The van der Waals surface area contributed by atoms with Gasteiger partial charge >= 0.3 is 5.97 Å². The Hall–Kier alpha value is -2.31. The number of hydrogen-bond donors (Lipinski definition) is 0. The SMILES string of the molecule is COc1cc(C(=O)OCc2nc3ccccc3s2)cc(Cl)c1OC. The minimum Gasteiger partial charge on any atom is -0.493 e. The quantitative estimate of drug-likeness (QED) is 0.632. The Kier molecular flexibility index (Phi) is 4.87. The highest BCUT2D eigenvalue weighted by Crippen LogP contribution is 2.36. The molecule has 1 aromatic heterocycles. The van der Waals surface area contributed by atoms with Crippen LogP contribution in [0.15, 0.2) is 36.4 Å². The first-order chi connectivity index (χ1) is 11.6. The molecule has 0 bridgehead atoms. The van der Waals surface area contributed by atoms with E-state index in [-0.39, 0.29) is 11.6 Å². The third-order valence-corrected chi connectivity index (χ3v) is 4.62. The van der Waals surface area contributed by atoms with Crippen molar-refractivity contribution < 1.29 is 19.0 Å². The Bertz CT molecular complexity index is 860. The van der Waals surface area contributed by atoms with Crippen LogP contribution in [-0.2, 0) is 11.3 Å². The number of aromatic nitrogens is 1. The number of para-hydroxylation sites is 1. The van der Waals surface area contributed by atoms with Gasteiger partial charge in [-0.2, -0.15) is 0 Å². The summed E-state index contributed by atoms with van der Waals surface area (Å²) < 4.78 is 16.7. The topological polar surface area (TPSA) is 57.7 Å². The molecule has 0 spiro atoms. The molecule has 0 saturated heterocycles. The first-order valence-corrected chi connectivity index (χ1v) is 8.25. The molecule has 124 valence electrons. The molecule has 0 aliphatic carbocycles. The Balaban J connectivity index is 1.76. The molecule has 5 nitrogen and oxygen atoms in total. The van der Waals surface area contributed by atoms with Gasteiger partial charge in [-0.1, -0.05) is 23.7 Å². The van der Waals surface area contributed by atoms with E-state index >= 15 is 0 Å². The van der Waals surface area contributed by atoms with E-state index in [0.29, 0.717) is 17.1 Å². The van der Waals surface area contributed by atoms with Crippen molar-refractivity contribution in [2.24, 2.45) is 0 Å². The summed E-state index contributed by atoms with van der Waals surface area (Å²) >= 11 is 7.60. The van der Waals surface area contributed by atoms with Crippen LogP contribution >= 0.6 is 22.9 Å². The number of rotatable bonds is 5. The highest BCUT2D eigenvalue weighted by Gasteiger charge is 2.17. The highest BCUT2D eigenvalue weighted by molar-refractivity contribution is 7.18. The van der Waals surface area contributed by atoms with Crippen LogP contribution in [0.25, 0.3) is 10.2 Å². The lowest BCUT2D eigenvalue weighted by Gasteiger charge is -2.11. The molecule has 0 aliphatic rings. The van der Waals surface area contributed by atoms with E-state index in [4.69, 9.17) is 25.8 Å². The molecule has 1 heterocycles. The molecule has 0 unspecified atom stereocenters. The standard InChI is InChI=1S/C17H14ClNO4S/c1-21-13-8-10(7-11(18)16(13)22-2)17(20)23-9-15-19-12-5-3-4-6-14(12)24-15/h3-8H,9H2,1-2H3. The molecule has 2 aromatic carbocycles. The van der Waals surface area contributed by atoms with Crippen LogP contribution in [0.2, 0.25) is 5.02 Å². The Morgan fingerprint density at radius 1 is 1.21 bits per heavy atom. The molecule has 0 aliphatic heterocycles. The average molecular weight is 364 g/mol. The predicted octanol–water partition coefficient (Wildman–Crippen LogP) is 4.32. The molecule has 3 rings (SSSR count). The average Bonchev–Trinajstić information content (AvgIpc) is 3.01. The summed E-state index contributed by atoms with van der Waals surface area (Å²) in [6.07, 6.45) is 0. The van der Waals surface area contributed by atoms with E-state index < -0.39 is 5.97 Å². The lowest BCUT2D eigenvalue weighted by molar-refractivity contribution is 0.0472. The van der Waals surface area contributed by atoms with Crippen molar-refractivity contribution in [2.75, 3.05) is 14.2 Å². The van der Waals surface area contributed by atoms with Gasteiger partial charge in [0.1, 0.15) is 11.6 Å². The van der Waals surface area contributed by atoms with Gasteiger partial charge < -0.3 is 14.2 Å². The van der Waals surface area contributed by atoms with Crippen molar-refractivity contribution >= 4 is 39.1 Å². The third-order valence-electron chi connectivity index (χ3n) is 3.33. The molecule has 0 N–H and O–H groups in total. The Morgan fingerprint density at radius 3 is 2.71 bits per heavy atom. The zero-order valence-corrected chi connectivity index (χ0v) is 14.6. The molecule has 0 atom stereocenters. The van der Waals surface area contributed by atoms with Crippen LogP contribution in [0.5, 0.6) is 11.5 Å². The first kappa shape index (κ1) is 16.5. The number of esters is 1. The largest absolute Gasteiger partial charge is 0.493 e. The van der Waals surface area contributed by atoms with Gasteiger partial charge in [-0.05, 0) is 24.3 Å². The van der Waals surface area contributed by atoms with E-state index in [0.717, 1.165) is 15.2 Å². The fourth-order valence-corrected chi connectivity index (χ4v) is 3.40. The number of ether oxygens (including phenoxy) is 3. The number of halogens is 1. The van der Waals surface area contributed by atoms with Gasteiger partial charge in [0.15, 0.2) is 11.5 Å². The Labute approximate surface area is 147 Å². The van der Waals surface area contributed by atoms with E-state index in [9.17, 15) is 4.79 Å². The van der Waals surface area contributed by atoms with Crippen molar-refractivity contribution in [3.63, 3.8) is 0 Å². The van der Waals surface area contributed by atoms with Crippen LogP contribution < -0.4 is 9.47 Å². The molecule has 0 radical (unpaired) electrons. The Morgan fingerprint density at radius 2 is 2.00 bits per heavy atom. The summed E-state index contributed by atoms with van der Waals surface area (Å²) in [7, 11) is 2.96. The van der Waals surface area contributed by atoms with Gasteiger partial charge in [0.25, 0.3) is 0 Å². The van der Waals surface area contributed by atoms with Gasteiger partial charge in [0.05, 0.1) is 35.0 Å². The van der Waals surface area contributed by atoms with Crippen molar-refractivity contribution in [2.45, 2.75) is 6.61 Å². The summed E-state index contributed by atoms with van der Waals surface area (Å²) in [5.74, 6) is 0.246. The summed E-state index contributed by atoms with van der Waals surface area (Å²) in [5, 5.41) is 1.01.